The summed E-state index contributed by atoms with van der Waals surface area (Å²) in [6, 6.07) is 4.84. The van der Waals surface area contributed by atoms with Crippen molar-refractivity contribution in [2.24, 2.45) is 5.92 Å². The number of alkyl halides is 3. The van der Waals surface area contributed by atoms with Gasteiger partial charge < -0.3 is 10.2 Å². The van der Waals surface area contributed by atoms with Crippen molar-refractivity contribution in [3.05, 3.63) is 35.4 Å². The number of hydrogen-bond donors (Lipinski definition) is 1. The number of likely N-dealkylation sites (tertiary alicyclic amines) is 1. The third-order valence-corrected chi connectivity index (χ3v) is 4.00. The Balaban J connectivity index is 1.91. The van der Waals surface area contributed by atoms with Crippen LogP contribution in [0.5, 0.6) is 0 Å². The zero-order chi connectivity index (χ0) is 16.2. The fraction of sp³-hybridized carbons (Fsp3) is 0.562. The minimum absolute atomic E-state index is 0.106. The first-order valence-corrected chi connectivity index (χ1v) is 7.55. The Morgan fingerprint density at radius 2 is 2.09 bits per heavy atom. The van der Waals surface area contributed by atoms with Gasteiger partial charge in [0.2, 0.25) is 0 Å². The number of halogens is 3. The van der Waals surface area contributed by atoms with E-state index in [4.69, 9.17) is 0 Å². The molecule has 1 atom stereocenters. The zero-order valence-electron chi connectivity index (χ0n) is 12.6. The van der Waals surface area contributed by atoms with Crippen molar-refractivity contribution in [3.63, 3.8) is 0 Å². The van der Waals surface area contributed by atoms with Gasteiger partial charge in [0.25, 0.3) is 0 Å². The molecular weight excluding hydrogens is 293 g/mol. The first-order chi connectivity index (χ1) is 10.4. The molecule has 0 spiro atoms. The molecule has 1 saturated heterocycles. The van der Waals surface area contributed by atoms with Crippen molar-refractivity contribution in [2.45, 2.75) is 38.9 Å². The molecule has 1 N–H and O–H groups in total. The van der Waals surface area contributed by atoms with Crippen molar-refractivity contribution in [1.82, 2.24) is 10.2 Å². The Bertz CT molecular complexity index is 516. The summed E-state index contributed by atoms with van der Waals surface area (Å²) in [5.41, 5.74) is -0.241. The summed E-state index contributed by atoms with van der Waals surface area (Å²) in [6.07, 6.45) is -1.31. The van der Waals surface area contributed by atoms with Crippen LogP contribution in [0.4, 0.5) is 18.0 Å². The molecule has 0 saturated carbocycles. The van der Waals surface area contributed by atoms with E-state index in [-0.39, 0.29) is 12.6 Å². The SMILES string of the molecule is C[C@@H]1CCCN(C(=O)NCc2cccc(C(F)(F)F)c2)CC1. The lowest BCUT2D eigenvalue weighted by atomic mass is 10.0. The molecular formula is C16H21F3N2O. The number of nitrogens with zero attached hydrogens (tertiary/aromatic N) is 1. The van der Waals surface area contributed by atoms with Crippen LogP contribution in [0, 0.1) is 5.92 Å². The summed E-state index contributed by atoms with van der Waals surface area (Å²) in [6.45, 7) is 3.69. The standard InChI is InChI=1S/C16H21F3N2O/c1-12-4-3-8-21(9-7-12)15(22)20-11-13-5-2-6-14(10-13)16(17,18)19/h2,5-6,10,12H,3-4,7-9,11H2,1H3,(H,20,22)/t12-/m1/s1. The number of benzene rings is 1. The molecule has 122 valence electrons. The maximum atomic E-state index is 12.6. The fourth-order valence-electron chi connectivity index (χ4n) is 2.61. The predicted molar refractivity (Wildman–Crippen MR) is 78.3 cm³/mol. The molecule has 1 aliphatic rings. The van der Waals surface area contributed by atoms with Gasteiger partial charge in [-0.3, -0.25) is 0 Å². The van der Waals surface area contributed by atoms with Crippen molar-refractivity contribution >= 4 is 6.03 Å². The lowest BCUT2D eigenvalue weighted by Crippen LogP contribution is -2.40. The maximum Gasteiger partial charge on any atom is 0.416 e. The summed E-state index contributed by atoms with van der Waals surface area (Å²) in [5.74, 6) is 0.612. The number of hydrogen-bond acceptors (Lipinski definition) is 1. The summed E-state index contributed by atoms with van der Waals surface area (Å²) in [4.78, 5) is 13.9. The third-order valence-electron chi connectivity index (χ3n) is 4.00. The van der Waals surface area contributed by atoms with Gasteiger partial charge in [0.15, 0.2) is 0 Å². The molecule has 1 aromatic rings. The van der Waals surface area contributed by atoms with Gasteiger partial charge in [-0.2, -0.15) is 13.2 Å². The van der Waals surface area contributed by atoms with Gasteiger partial charge in [-0.1, -0.05) is 19.1 Å². The van der Waals surface area contributed by atoms with Crippen LogP contribution in [0.1, 0.15) is 37.3 Å². The Labute approximate surface area is 128 Å². The molecule has 0 aromatic heterocycles. The molecule has 0 aliphatic carbocycles. The molecule has 1 heterocycles. The quantitative estimate of drug-likeness (QED) is 0.878. The highest BCUT2D eigenvalue weighted by Crippen LogP contribution is 2.29. The highest BCUT2D eigenvalue weighted by Gasteiger charge is 2.30. The van der Waals surface area contributed by atoms with Crippen LogP contribution in [0.2, 0.25) is 0 Å². The largest absolute Gasteiger partial charge is 0.416 e. The zero-order valence-corrected chi connectivity index (χ0v) is 12.6. The Hall–Kier alpha value is -1.72. The van der Waals surface area contributed by atoms with Gasteiger partial charge in [0.1, 0.15) is 0 Å². The van der Waals surface area contributed by atoms with Crippen molar-refractivity contribution in [3.8, 4) is 0 Å². The van der Waals surface area contributed by atoms with E-state index < -0.39 is 11.7 Å². The molecule has 2 amide bonds. The second-order valence-electron chi connectivity index (χ2n) is 5.88. The number of amides is 2. The Morgan fingerprint density at radius 1 is 1.32 bits per heavy atom. The van der Waals surface area contributed by atoms with Gasteiger partial charge in [0, 0.05) is 19.6 Å². The van der Waals surface area contributed by atoms with E-state index in [2.05, 4.69) is 12.2 Å². The van der Waals surface area contributed by atoms with Crippen LogP contribution in [0.15, 0.2) is 24.3 Å². The molecule has 0 radical (unpaired) electrons. The molecule has 1 aliphatic heterocycles. The lowest BCUT2D eigenvalue weighted by molar-refractivity contribution is -0.137. The topological polar surface area (TPSA) is 32.3 Å². The summed E-state index contributed by atoms with van der Waals surface area (Å²) < 4.78 is 37.9. The number of nitrogens with one attached hydrogen (secondary N) is 1. The van der Waals surface area contributed by atoms with Crippen LogP contribution in [0.3, 0.4) is 0 Å². The third kappa shape index (κ3) is 4.64. The Morgan fingerprint density at radius 3 is 2.82 bits per heavy atom. The molecule has 6 heteroatoms. The van der Waals surface area contributed by atoms with E-state index in [1.165, 1.54) is 6.07 Å². The van der Waals surface area contributed by atoms with E-state index in [1.807, 2.05) is 0 Å². The van der Waals surface area contributed by atoms with E-state index in [9.17, 15) is 18.0 Å². The van der Waals surface area contributed by atoms with E-state index in [0.717, 1.165) is 31.4 Å². The maximum absolute atomic E-state index is 12.6. The number of urea groups is 1. The van der Waals surface area contributed by atoms with Crippen LogP contribution >= 0.6 is 0 Å². The smallest absolute Gasteiger partial charge is 0.334 e. The molecule has 22 heavy (non-hydrogen) atoms. The van der Waals surface area contributed by atoms with Crippen molar-refractivity contribution < 1.29 is 18.0 Å². The van der Waals surface area contributed by atoms with Gasteiger partial charge in [-0.15, -0.1) is 0 Å². The fourth-order valence-corrected chi connectivity index (χ4v) is 2.61. The molecule has 1 aromatic carbocycles. The van der Waals surface area contributed by atoms with E-state index >= 15 is 0 Å². The number of rotatable bonds is 2. The summed E-state index contributed by atoms with van der Waals surface area (Å²) in [5, 5.41) is 2.71. The highest BCUT2D eigenvalue weighted by atomic mass is 19.4. The average Bonchev–Trinajstić information content (AvgIpc) is 2.69. The number of carbonyl (C=O) groups is 1. The minimum atomic E-state index is -4.36. The monoisotopic (exact) mass is 314 g/mol. The van der Waals surface area contributed by atoms with Gasteiger partial charge >= 0.3 is 12.2 Å². The van der Waals surface area contributed by atoms with Crippen molar-refractivity contribution in [2.75, 3.05) is 13.1 Å². The predicted octanol–water partition coefficient (Wildman–Crippen LogP) is 4.04. The first kappa shape index (κ1) is 16.6. The van der Waals surface area contributed by atoms with Gasteiger partial charge in [-0.05, 0) is 42.9 Å². The second kappa shape index (κ2) is 7.03. The number of carbonyl (C=O) groups excluding carboxylic acids is 1. The normalized spacial score (nSPS) is 19.6. The summed E-state index contributed by atoms with van der Waals surface area (Å²) >= 11 is 0. The van der Waals surface area contributed by atoms with E-state index in [0.29, 0.717) is 24.6 Å². The van der Waals surface area contributed by atoms with Gasteiger partial charge in [0.05, 0.1) is 5.56 Å². The Kier molecular flexibility index (Phi) is 5.32. The average molecular weight is 314 g/mol. The molecule has 2 rings (SSSR count). The lowest BCUT2D eigenvalue weighted by Gasteiger charge is -2.21. The van der Waals surface area contributed by atoms with Gasteiger partial charge in [-0.25, -0.2) is 4.79 Å². The minimum Gasteiger partial charge on any atom is -0.334 e. The van der Waals surface area contributed by atoms with Crippen LogP contribution < -0.4 is 5.32 Å². The molecule has 1 fully saturated rings. The summed E-state index contributed by atoms with van der Waals surface area (Å²) in [7, 11) is 0. The first-order valence-electron chi connectivity index (χ1n) is 7.55. The molecule has 0 unspecified atom stereocenters. The second-order valence-corrected chi connectivity index (χ2v) is 5.88. The molecule has 0 bridgehead atoms. The van der Waals surface area contributed by atoms with Crippen molar-refractivity contribution in [1.29, 1.82) is 0 Å². The van der Waals surface area contributed by atoms with Crippen LogP contribution in [-0.2, 0) is 12.7 Å². The van der Waals surface area contributed by atoms with Crippen LogP contribution in [0.25, 0.3) is 0 Å². The highest BCUT2D eigenvalue weighted by molar-refractivity contribution is 5.74. The van der Waals surface area contributed by atoms with Crippen LogP contribution in [-0.4, -0.2) is 24.0 Å². The molecule has 3 nitrogen and oxygen atoms in total. The van der Waals surface area contributed by atoms with E-state index in [1.54, 1.807) is 11.0 Å².